The summed E-state index contributed by atoms with van der Waals surface area (Å²) in [5.74, 6) is -0.694. The van der Waals surface area contributed by atoms with E-state index >= 15 is 4.39 Å². The van der Waals surface area contributed by atoms with Gasteiger partial charge in [0, 0.05) is 30.3 Å². The number of methoxy groups -OCH3 is 2. The van der Waals surface area contributed by atoms with E-state index in [-0.39, 0.29) is 28.9 Å². The summed E-state index contributed by atoms with van der Waals surface area (Å²) in [7, 11) is 4.90. The normalized spacial score (nSPS) is 15.5. The number of nitrogens with one attached hydrogen (secondary N) is 1. The van der Waals surface area contributed by atoms with Gasteiger partial charge in [-0.25, -0.2) is 4.39 Å². The molecule has 1 fully saturated rings. The largest absolute Gasteiger partial charge is 0.493 e. The quantitative estimate of drug-likeness (QED) is 0.258. The van der Waals surface area contributed by atoms with Crippen LogP contribution in [0, 0.1) is 5.82 Å². The SMILES string of the molecule is COc1cc2nccc(Oc3ccc(NC(=O)c4nn(C5CCN(C)C5)cc4OCC(F)(F)F)c(F)c3)c2cc1OC. The van der Waals surface area contributed by atoms with Crippen LogP contribution < -0.4 is 24.3 Å². The molecule has 42 heavy (non-hydrogen) atoms. The number of pyridine rings is 1. The van der Waals surface area contributed by atoms with Crippen LogP contribution in [0.25, 0.3) is 10.9 Å². The van der Waals surface area contributed by atoms with Gasteiger partial charge in [-0.2, -0.15) is 18.3 Å². The van der Waals surface area contributed by atoms with Crippen LogP contribution in [0.5, 0.6) is 28.7 Å². The molecule has 1 saturated heterocycles. The van der Waals surface area contributed by atoms with Gasteiger partial charge < -0.3 is 29.2 Å². The number of anilines is 1. The minimum absolute atomic E-state index is 0.122. The number of likely N-dealkylation sites (N-methyl/N-ethyl adjacent to an activating group) is 1. The minimum atomic E-state index is -4.62. The van der Waals surface area contributed by atoms with Gasteiger partial charge in [-0.1, -0.05) is 0 Å². The fourth-order valence-corrected chi connectivity index (χ4v) is 4.62. The van der Waals surface area contributed by atoms with Gasteiger partial charge in [-0.05, 0) is 44.3 Å². The third-order valence-electron chi connectivity index (χ3n) is 6.67. The van der Waals surface area contributed by atoms with E-state index in [0.717, 1.165) is 12.6 Å². The number of fused-ring (bicyclic) bond motifs is 1. The smallest absolute Gasteiger partial charge is 0.422 e. The molecule has 2 aromatic carbocycles. The van der Waals surface area contributed by atoms with E-state index in [1.165, 1.54) is 43.4 Å². The lowest BCUT2D eigenvalue weighted by molar-refractivity contribution is -0.153. The zero-order chi connectivity index (χ0) is 30.0. The van der Waals surface area contributed by atoms with Crippen LogP contribution in [0.4, 0.5) is 23.2 Å². The Bertz CT molecular complexity index is 1610. The Morgan fingerprint density at radius 3 is 2.50 bits per heavy atom. The van der Waals surface area contributed by atoms with Crippen molar-refractivity contribution in [2.75, 3.05) is 46.3 Å². The van der Waals surface area contributed by atoms with Gasteiger partial charge in [0.25, 0.3) is 5.91 Å². The molecule has 1 unspecified atom stereocenters. The van der Waals surface area contributed by atoms with Crippen LogP contribution in [0.1, 0.15) is 23.0 Å². The molecule has 0 bridgehead atoms. The first-order valence-corrected chi connectivity index (χ1v) is 12.8. The Kier molecular flexibility index (Phi) is 8.07. The summed E-state index contributed by atoms with van der Waals surface area (Å²) < 4.78 is 76.5. The standard InChI is InChI=1S/C28H27F4N5O5/c1-36-9-7-16(13-36)37-14-25(41-15-28(30,31)32)26(35-37)27(38)34-20-5-4-17(10-19(20)29)42-22-6-8-33-21-12-24(40-3)23(39-2)11-18(21)22/h4-6,8,10-12,14,16H,7,9,13,15H2,1-3H3,(H,34,38). The molecule has 4 aromatic rings. The topological polar surface area (TPSA) is 100.0 Å². The van der Waals surface area contributed by atoms with Crippen molar-refractivity contribution in [1.29, 1.82) is 0 Å². The van der Waals surface area contributed by atoms with Crippen molar-refractivity contribution in [3.63, 3.8) is 0 Å². The summed E-state index contributed by atoms with van der Waals surface area (Å²) in [6, 6.07) is 8.58. The highest BCUT2D eigenvalue weighted by Crippen LogP contribution is 2.37. The summed E-state index contributed by atoms with van der Waals surface area (Å²) in [5.41, 5.74) is -0.0573. The summed E-state index contributed by atoms with van der Waals surface area (Å²) in [5, 5.41) is 7.15. The van der Waals surface area contributed by atoms with E-state index < -0.39 is 24.5 Å². The van der Waals surface area contributed by atoms with E-state index in [2.05, 4.69) is 15.4 Å². The van der Waals surface area contributed by atoms with Crippen LogP contribution in [-0.4, -0.2) is 72.7 Å². The number of aromatic nitrogens is 3. The van der Waals surface area contributed by atoms with Crippen LogP contribution in [0.15, 0.2) is 48.8 Å². The summed E-state index contributed by atoms with van der Waals surface area (Å²) in [6.07, 6.45) is -1.14. The minimum Gasteiger partial charge on any atom is -0.493 e. The summed E-state index contributed by atoms with van der Waals surface area (Å²) in [6.45, 7) is -0.238. The lowest BCUT2D eigenvalue weighted by atomic mass is 10.2. The number of likely N-dealkylation sites (tertiary alicyclic amines) is 1. The molecular weight excluding hydrogens is 562 g/mol. The maximum absolute atomic E-state index is 15.1. The molecule has 1 N–H and O–H groups in total. The second-order valence-electron chi connectivity index (χ2n) is 9.66. The lowest BCUT2D eigenvalue weighted by Crippen LogP contribution is -2.21. The van der Waals surface area contributed by atoms with E-state index in [0.29, 0.717) is 41.1 Å². The van der Waals surface area contributed by atoms with Gasteiger partial charge in [0.2, 0.25) is 0 Å². The van der Waals surface area contributed by atoms with Gasteiger partial charge in [-0.15, -0.1) is 0 Å². The summed E-state index contributed by atoms with van der Waals surface area (Å²) in [4.78, 5) is 19.4. The maximum Gasteiger partial charge on any atom is 0.422 e. The molecule has 0 spiro atoms. The van der Waals surface area contributed by atoms with Gasteiger partial charge in [0.05, 0.1) is 37.7 Å². The Balaban J connectivity index is 1.36. The fourth-order valence-electron chi connectivity index (χ4n) is 4.62. The molecule has 14 heteroatoms. The average molecular weight is 590 g/mol. The molecule has 1 aliphatic rings. The van der Waals surface area contributed by atoms with Crippen molar-refractivity contribution in [2.24, 2.45) is 0 Å². The van der Waals surface area contributed by atoms with E-state index in [1.54, 1.807) is 18.2 Å². The van der Waals surface area contributed by atoms with Crippen LogP contribution >= 0.6 is 0 Å². The third kappa shape index (κ3) is 6.33. The van der Waals surface area contributed by atoms with Crippen molar-refractivity contribution < 1.29 is 41.3 Å². The molecule has 10 nitrogen and oxygen atoms in total. The highest BCUT2D eigenvalue weighted by Gasteiger charge is 2.32. The van der Waals surface area contributed by atoms with Crippen molar-refractivity contribution >= 4 is 22.5 Å². The number of ether oxygens (including phenoxy) is 4. The third-order valence-corrected chi connectivity index (χ3v) is 6.67. The fraction of sp³-hybridized carbons (Fsp3) is 0.321. The monoisotopic (exact) mass is 589 g/mol. The van der Waals surface area contributed by atoms with E-state index in [4.69, 9.17) is 18.9 Å². The zero-order valence-corrected chi connectivity index (χ0v) is 22.9. The van der Waals surface area contributed by atoms with Gasteiger partial charge >= 0.3 is 6.18 Å². The molecule has 3 heterocycles. The molecule has 222 valence electrons. The number of rotatable bonds is 9. The van der Waals surface area contributed by atoms with Crippen LogP contribution in [-0.2, 0) is 0 Å². The number of carbonyl (C=O) groups excluding carboxylic acids is 1. The highest BCUT2D eigenvalue weighted by atomic mass is 19.4. The first-order valence-electron chi connectivity index (χ1n) is 12.8. The number of amides is 1. The molecule has 0 aliphatic carbocycles. The molecule has 2 aromatic heterocycles. The zero-order valence-electron chi connectivity index (χ0n) is 22.9. The first kappa shape index (κ1) is 28.9. The number of nitrogens with zero attached hydrogens (tertiary/aromatic N) is 4. The second kappa shape index (κ2) is 11.7. The lowest BCUT2D eigenvalue weighted by Gasteiger charge is -2.13. The summed E-state index contributed by atoms with van der Waals surface area (Å²) >= 11 is 0. The van der Waals surface area contributed by atoms with E-state index in [1.807, 2.05) is 11.9 Å². The number of carbonyl (C=O) groups is 1. The van der Waals surface area contributed by atoms with E-state index in [9.17, 15) is 18.0 Å². The molecule has 0 saturated carbocycles. The van der Waals surface area contributed by atoms with Crippen LogP contribution in [0.2, 0.25) is 0 Å². The highest BCUT2D eigenvalue weighted by molar-refractivity contribution is 6.04. The van der Waals surface area contributed by atoms with Gasteiger partial charge in [0.15, 0.2) is 29.5 Å². The number of alkyl halides is 3. The number of hydrogen-bond acceptors (Lipinski definition) is 8. The van der Waals surface area contributed by atoms with Gasteiger partial charge in [0.1, 0.15) is 17.3 Å². The predicted octanol–water partition coefficient (Wildman–Crippen LogP) is 5.45. The molecule has 0 radical (unpaired) electrons. The predicted molar refractivity (Wildman–Crippen MR) is 144 cm³/mol. The number of halogens is 4. The first-order chi connectivity index (χ1) is 20.0. The van der Waals surface area contributed by atoms with Crippen molar-refractivity contribution in [3.05, 3.63) is 60.3 Å². The Labute approximate surface area is 237 Å². The molecule has 1 amide bonds. The van der Waals surface area contributed by atoms with Gasteiger partial charge in [-0.3, -0.25) is 14.5 Å². The van der Waals surface area contributed by atoms with Crippen molar-refractivity contribution in [2.45, 2.75) is 18.6 Å². The maximum atomic E-state index is 15.1. The molecule has 1 aliphatic heterocycles. The second-order valence-corrected chi connectivity index (χ2v) is 9.66. The Morgan fingerprint density at radius 2 is 1.83 bits per heavy atom. The van der Waals surface area contributed by atoms with Crippen LogP contribution in [0.3, 0.4) is 0 Å². The van der Waals surface area contributed by atoms with Crippen molar-refractivity contribution in [1.82, 2.24) is 19.7 Å². The number of benzene rings is 2. The molecule has 5 rings (SSSR count). The Hall–Kier alpha value is -4.59. The van der Waals surface area contributed by atoms with Crippen molar-refractivity contribution in [3.8, 4) is 28.7 Å². The Morgan fingerprint density at radius 1 is 1.07 bits per heavy atom. The molecular formula is C28H27F4N5O5. The number of hydrogen-bond donors (Lipinski definition) is 1. The molecule has 1 atom stereocenters. The average Bonchev–Trinajstić information content (AvgIpc) is 3.58.